The molecule has 2 fully saturated rings. The Morgan fingerprint density at radius 1 is 1.37 bits per heavy atom. The summed E-state index contributed by atoms with van der Waals surface area (Å²) in [6, 6.07) is 8.83. The van der Waals surface area contributed by atoms with Crippen LogP contribution in [0.4, 0.5) is 5.69 Å². The largest absolute Gasteiger partial charge is 0.366 e. The Morgan fingerprint density at radius 3 is 2.79 bits per heavy atom. The van der Waals surface area contributed by atoms with E-state index >= 15 is 0 Å². The molecule has 3 N–H and O–H groups in total. The van der Waals surface area contributed by atoms with Crippen LogP contribution >= 0.6 is 0 Å². The fraction of sp³-hybridized carbons (Fsp3) is 0.533. The third-order valence-electron chi connectivity index (χ3n) is 4.35. The van der Waals surface area contributed by atoms with E-state index in [0.717, 1.165) is 31.5 Å². The number of nitrogens with two attached hydrogens (primary N) is 1. The van der Waals surface area contributed by atoms with Crippen molar-refractivity contribution in [3.05, 3.63) is 29.8 Å². The SMILES string of the molecule is CC(N)c1ccc(N2CCCC3C(=O)NCC32)cc1. The van der Waals surface area contributed by atoms with Crippen LogP contribution in [0, 0.1) is 5.92 Å². The van der Waals surface area contributed by atoms with Gasteiger partial charge in [-0.15, -0.1) is 0 Å². The molecule has 0 radical (unpaired) electrons. The molecule has 3 unspecified atom stereocenters. The van der Waals surface area contributed by atoms with Crippen molar-refractivity contribution in [3.8, 4) is 0 Å². The Labute approximate surface area is 114 Å². The number of amides is 1. The van der Waals surface area contributed by atoms with E-state index in [0.29, 0.717) is 6.04 Å². The molecule has 0 bridgehead atoms. The number of hydrogen-bond acceptors (Lipinski definition) is 3. The molecule has 3 atom stereocenters. The lowest BCUT2D eigenvalue weighted by Crippen LogP contribution is -2.45. The second-order valence-electron chi connectivity index (χ2n) is 5.63. The van der Waals surface area contributed by atoms with Crippen LogP contribution in [0.3, 0.4) is 0 Å². The summed E-state index contributed by atoms with van der Waals surface area (Å²) in [5.74, 6) is 0.392. The number of nitrogens with one attached hydrogen (secondary N) is 1. The van der Waals surface area contributed by atoms with Gasteiger partial charge >= 0.3 is 0 Å². The van der Waals surface area contributed by atoms with Gasteiger partial charge in [0, 0.05) is 24.8 Å². The van der Waals surface area contributed by atoms with Crippen LogP contribution in [0.2, 0.25) is 0 Å². The lowest BCUT2D eigenvalue weighted by Gasteiger charge is -2.37. The highest BCUT2D eigenvalue weighted by Gasteiger charge is 2.40. The zero-order chi connectivity index (χ0) is 13.4. The van der Waals surface area contributed by atoms with Gasteiger partial charge in [0.05, 0.1) is 12.0 Å². The van der Waals surface area contributed by atoms with Crippen molar-refractivity contribution in [2.75, 3.05) is 18.0 Å². The minimum atomic E-state index is 0.0675. The fourth-order valence-corrected chi connectivity index (χ4v) is 3.24. The van der Waals surface area contributed by atoms with Crippen molar-refractivity contribution in [3.63, 3.8) is 0 Å². The highest BCUT2D eigenvalue weighted by molar-refractivity contribution is 5.83. The smallest absolute Gasteiger partial charge is 0.225 e. The Morgan fingerprint density at radius 2 is 2.11 bits per heavy atom. The van der Waals surface area contributed by atoms with Gasteiger partial charge in [0.15, 0.2) is 0 Å². The number of anilines is 1. The van der Waals surface area contributed by atoms with E-state index in [2.05, 4.69) is 34.5 Å². The molecule has 2 saturated heterocycles. The van der Waals surface area contributed by atoms with Gasteiger partial charge in [-0.25, -0.2) is 0 Å². The van der Waals surface area contributed by atoms with Crippen molar-refractivity contribution in [2.24, 2.45) is 11.7 Å². The van der Waals surface area contributed by atoms with Gasteiger partial charge in [-0.2, -0.15) is 0 Å². The second-order valence-corrected chi connectivity index (χ2v) is 5.63. The van der Waals surface area contributed by atoms with E-state index in [1.165, 1.54) is 5.69 Å². The van der Waals surface area contributed by atoms with Crippen molar-refractivity contribution in [1.29, 1.82) is 0 Å². The van der Waals surface area contributed by atoms with Crippen molar-refractivity contribution >= 4 is 11.6 Å². The molecule has 1 amide bonds. The Hall–Kier alpha value is -1.55. The Kier molecular flexibility index (Phi) is 3.19. The molecule has 2 aliphatic rings. The quantitative estimate of drug-likeness (QED) is 0.844. The van der Waals surface area contributed by atoms with Crippen LogP contribution in [0.1, 0.15) is 31.4 Å². The molecule has 2 heterocycles. The minimum Gasteiger partial charge on any atom is -0.366 e. The molecule has 102 valence electrons. The normalized spacial score (nSPS) is 27.9. The number of nitrogens with zero attached hydrogens (tertiary/aromatic N) is 1. The molecule has 1 aromatic carbocycles. The van der Waals surface area contributed by atoms with E-state index in [1.54, 1.807) is 0 Å². The topological polar surface area (TPSA) is 58.4 Å². The Bertz CT molecular complexity index is 469. The Balaban J connectivity index is 1.83. The first-order valence-corrected chi connectivity index (χ1v) is 7.06. The maximum atomic E-state index is 11.8. The molecular weight excluding hydrogens is 238 g/mol. The zero-order valence-electron chi connectivity index (χ0n) is 11.3. The van der Waals surface area contributed by atoms with Crippen LogP contribution in [0.25, 0.3) is 0 Å². The van der Waals surface area contributed by atoms with Crippen LogP contribution in [-0.4, -0.2) is 25.0 Å². The first-order valence-electron chi connectivity index (χ1n) is 7.06. The zero-order valence-corrected chi connectivity index (χ0v) is 11.3. The molecule has 4 heteroatoms. The van der Waals surface area contributed by atoms with E-state index in [4.69, 9.17) is 5.73 Å². The predicted molar refractivity (Wildman–Crippen MR) is 75.9 cm³/mol. The van der Waals surface area contributed by atoms with E-state index in [1.807, 2.05) is 6.92 Å². The number of fused-ring (bicyclic) bond motifs is 1. The fourth-order valence-electron chi connectivity index (χ4n) is 3.24. The van der Waals surface area contributed by atoms with Gasteiger partial charge in [-0.3, -0.25) is 4.79 Å². The van der Waals surface area contributed by atoms with Gasteiger partial charge < -0.3 is 16.0 Å². The molecule has 2 aliphatic heterocycles. The summed E-state index contributed by atoms with van der Waals surface area (Å²) in [4.78, 5) is 14.1. The molecule has 0 spiro atoms. The minimum absolute atomic E-state index is 0.0675. The van der Waals surface area contributed by atoms with Crippen molar-refractivity contribution in [2.45, 2.75) is 31.8 Å². The lowest BCUT2D eigenvalue weighted by atomic mass is 9.91. The summed E-state index contributed by atoms with van der Waals surface area (Å²) in [6.07, 6.45) is 2.11. The van der Waals surface area contributed by atoms with Gasteiger partial charge in [-0.05, 0) is 37.5 Å². The second kappa shape index (κ2) is 4.85. The predicted octanol–water partition coefficient (Wildman–Crippen LogP) is 1.42. The number of rotatable bonds is 2. The average molecular weight is 259 g/mol. The molecule has 19 heavy (non-hydrogen) atoms. The average Bonchev–Trinajstić information content (AvgIpc) is 2.81. The number of piperidine rings is 1. The third kappa shape index (κ3) is 2.21. The van der Waals surface area contributed by atoms with Crippen molar-refractivity contribution in [1.82, 2.24) is 5.32 Å². The van der Waals surface area contributed by atoms with Crippen molar-refractivity contribution < 1.29 is 4.79 Å². The summed E-state index contributed by atoms with van der Waals surface area (Å²) in [5.41, 5.74) is 8.23. The number of carbonyl (C=O) groups excluding carboxylic acids is 1. The summed E-state index contributed by atoms with van der Waals surface area (Å²) in [5, 5.41) is 2.99. The molecule has 0 saturated carbocycles. The standard InChI is InChI=1S/C15H21N3O/c1-10(16)11-4-6-12(7-5-11)18-8-2-3-13-14(18)9-17-15(13)19/h4-7,10,13-14H,2-3,8-9,16H2,1H3,(H,17,19). The number of carbonyl (C=O) groups is 1. The number of benzene rings is 1. The first-order chi connectivity index (χ1) is 9.16. The monoisotopic (exact) mass is 259 g/mol. The van der Waals surface area contributed by atoms with Crippen LogP contribution in [0.15, 0.2) is 24.3 Å². The molecule has 0 aliphatic carbocycles. The summed E-state index contributed by atoms with van der Waals surface area (Å²) in [7, 11) is 0. The summed E-state index contributed by atoms with van der Waals surface area (Å²) < 4.78 is 0. The highest BCUT2D eigenvalue weighted by atomic mass is 16.2. The maximum absolute atomic E-state index is 11.8. The lowest BCUT2D eigenvalue weighted by molar-refractivity contribution is -0.122. The van der Waals surface area contributed by atoms with E-state index in [-0.39, 0.29) is 17.9 Å². The summed E-state index contributed by atoms with van der Waals surface area (Å²) in [6.45, 7) is 3.80. The molecule has 1 aromatic rings. The van der Waals surface area contributed by atoms with Gasteiger partial charge in [-0.1, -0.05) is 12.1 Å². The summed E-state index contributed by atoms with van der Waals surface area (Å²) >= 11 is 0. The molecular formula is C15H21N3O. The number of hydrogen-bond donors (Lipinski definition) is 2. The van der Waals surface area contributed by atoms with Gasteiger partial charge in [0.25, 0.3) is 0 Å². The van der Waals surface area contributed by atoms with Crippen LogP contribution in [-0.2, 0) is 4.79 Å². The van der Waals surface area contributed by atoms with Gasteiger partial charge in [0.1, 0.15) is 0 Å². The first kappa shape index (κ1) is 12.5. The molecule has 3 rings (SSSR count). The highest BCUT2D eigenvalue weighted by Crippen LogP contribution is 2.31. The molecule has 0 aromatic heterocycles. The van der Waals surface area contributed by atoms with E-state index in [9.17, 15) is 4.79 Å². The van der Waals surface area contributed by atoms with Crippen LogP contribution < -0.4 is 16.0 Å². The van der Waals surface area contributed by atoms with Gasteiger partial charge in [0.2, 0.25) is 5.91 Å². The molecule has 4 nitrogen and oxygen atoms in total. The maximum Gasteiger partial charge on any atom is 0.225 e. The van der Waals surface area contributed by atoms with E-state index < -0.39 is 0 Å². The van der Waals surface area contributed by atoms with Crippen LogP contribution in [0.5, 0.6) is 0 Å². The third-order valence-corrected chi connectivity index (χ3v) is 4.35.